The van der Waals surface area contributed by atoms with Gasteiger partial charge in [0.25, 0.3) is 0 Å². The molecular weight excluding hydrogens is 308 g/mol. The number of fused-ring (bicyclic) bond motifs is 1. The number of guanidine groups is 1. The van der Waals surface area contributed by atoms with Gasteiger partial charge in [0.05, 0.1) is 0 Å². The normalized spacial score (nSPS) is 15.1. The van der Waals surface area contributed by atoms with E-state index in [9.17, 15) is 0 Å². The first kappa shape index (κ1) is 18.1. The van der Waals surface area contributed by atoms with Gasteiger partial charge in [0, 0.05) is 26.1 Å². The van der Waals surface area contributed by atoms with E-state index in [1.807, 2.05) is 11.8 Å². The zero-order valence-corrected chi connectivity index (χ0v) is 15.3. The number of aromatic nitrogens is 3. The van der Waals surface area contributed by atoms with Crippen LogP contribution in [0.5, 0.6) is 0 Å². The fourth-order valence-corrected chi connectivity index (χ4v) is 3.22. The predicted octanol–water partition coefficient (Wildman–Crippen LogP) is 2.20. The first-order valence-corrected chi connectivity index (χ1v) is 10.2. The Bertz CT molecular complexity index is 485. The van der Waals surface area contributed by atoms with Crippen LogP contribution < -0.4 is 10.6 Å². The lowest BCUT2D eigenvalue weighted by atomic mass is 10.2. The molecule has 2 N–H and O–H groups in total. The molecule has 0 aliphatic carbocycles. The van der Waals surface area contributed by atoms with E-state index in [4.69, 9.17) is 0 Å². The number of hydrogen-bond acceptors (Lipinski definition) is 4. The van der Waals surface area contributed by atoms with Crippen molar-refractivity contribution in [2.75, 3.05) is 25.1 Å². The average Bonchev–Trinajstić information content (AvgIpc) is 2.79. The second kappa shape index (κ2) is 10.5. The second-order valence-electron chi connectivity index (χ2n) is 5.82. The molecule has 0 spiro atoms. The Hall–Kier alpha value is -1.24. The summed E-state index contributed by atoms with van der Waals surface area (Å²) in [5.74, 6) is 4.22. The third-order valence-corrected chi connectivity index (χ3v) is 4.67. The van der Waals surface area contributed by atoms with Crippen LogP contribution in [-0.2, 0) is 19.5 Å². The zero-order valence-electron chi connectivity index (χ0n) is 14.5. The van der Waals surface area contributed by atoms with Crippen LogP contribution in [0, 0.1) is 0 Å². The van der Waals surface area contributed by atoms with E-state index in [1.54, 1.807) is 0 Å². The van der Waals surface area contributed by atoms with E-state index in [1.165, 1.54) is 37.9 Å². The molecule has 0 saturated heterocycles. The topological polar surface area (TPSA) is 67.1 Å². The summed E-state index contributed by atoms with van der Waals surface area (Å²) in [5, 5.41) is 15.4. The standard InChI is InChI=1S/C16H30N6S/c1-3-17-16(18-10-6-8-12-23-2)19-13-15-21-20-14-9-5-4-7-11-22(14)15/h3-13H2,1-2H3,(H2,17,18,19). The van der Waals surface area contributed by atoms with Crippen LogP contribution in [0.1, 0.15) is 50.7 Å². The number of aliphatic imine (C=N–C) groups is 1. The summed E-state index contributed by atoms with van der Waals surface area (Å²) >= 11 is 1.90. The van der Waals surface area contributed by atoms with Crippen LogP contribution >= 0.6 is 11.8 Å². The Morgan fingerprint density at radius 3 is 2.96 bits per heavy atom. The maximum absolute atomic E-state index is 4.68. The number of aryl methyl sites for hydroxylation is 1. The van der Waals surface area contributed by atoms with Crippen molar-refractivity contribution in [1.29, 1.82) is 0 Å². The molecule has 0 atom stereocenters. The molecule has 130 valence electrons. The van der Waals surface area contributed by atoms with E-state index in [0.717, 1.165) is 43.7 Å². The van der Waals surface area contributed by atoms with Crippen LogP contribution in [0.25, 0.3) is 0 Å². The zero-order chi connectivity index (χ0) is 16.3. The number of unbranched alkanes of at least 4 members (excludes halogenated alkanes) is 1. The molecule has 1 aromatic rings. The molecule has 23 heavy (non-hydrogen) atoms. The second-order valence-corrected chi connectivity index (χ2v) is 6.80. The van der Waals surface area contributed by atoms with E-state index < -0.39 is 0 Å². The number of nitrogens with one attached hydrogen (secondary N) is 2. The minimum Gasteiger partial charge on any atom is -0.357 e. The molecule has 0 fully saturated rings. The lowest BCUT2D eigenvalue weighted by Gasteiger charge is -2.11. The van der Waals surface area contributed by atoms with Gasteiger partial charge in [-0.25, -0.2) is 4.99 Å². The molecule has 2 heterocycles. The molecular formula is C16H30N6S. The Balaban J connectivity index is 1.88. The first-order chi connectivity index (χ1) is 11.3. The maximum Gasteiger partial charge on any atom is 0.191 e. The molecule has 2 rings (SSSR count). The van der Waals surface area contributed by atoms with Crippen molar-refractivity contribution in [2.45, 2.75) is 58.5 Å². The third kappa shape index (κ3) is 6.05. The van der Waals surface area contributed by atoms with Gasteiger partial charge in [-0.2, -0.15) is 11.8 Å². The highest BCUT2D eigenvalue weighted by Crippen LogP contribution is 2.14. The van der Waals surface area contributed by atoms with Crippen LogP contribution in [0.3, 0.4) is 0 Å². The minimum absolute atomic E-state index is 0.590. The summed E-state index contributed by atoms with van der Waals surface area (Å²) in [6.45, 7) is 5.55. The smallest absolute Gasteiger partial charge is 0.191 e. The quantitative estimate of drug-likeness (QED) is 0.432. The van der Waals surface area contributed by atoms with Gasteiger partial charge in [0.1, 0.15) is 12.4 Å². The van der Waals surface area contributed by atoms with E-state index in [2.05, 4.69) is 43.6 Å². The summed E-state index contributed by atoms with van der Waals surface area (Å²) in [6.07, 6.45) is 9.34. The van der Waals surface area contributed by atoms with E-state index >= 15 is 0 Å². The van der Waals surface area contributed by atoms with Gasteiger partial charge in [0.2, 0.25) is 0 Å². The van der Waals surface area contributed by atoms with Crippen molar-refractivity contribution in [1.82, 2.24) is 25.4 Å². The van der Waals surface area contributed by atoms with Crippen molar-refractivity contribution in [2.24, 2.45) is 4.99 Å². The summed E-state index contributed by atoms with van der Waals surface area (Å²) in [5.41, 5.74) is 0. The van der Waals surface area contributed by atoms with Crippen molar-refractivity contribution in [3.63, 3.8) is 0 Å². The van der Waals surface area contributed by atoms with Gasteiger partial charge in [-0.1, -0.05) is 6.42 Å². The maximum atomic E-state index is 4.68. The molecule has 1 aromatic heterocycles. The largest absolute Gasteiger partial charge is 0.357 e. The van der Waals surface area contributed by atoms with Crippen LogP contribution in [0.2, 0.25) is 0 Å². The fourth-order valence-electron chi connectivity index (χ4n) is 2.73. The Kier molecular flexibility index (Phi) is 8.28. The lowest BCUT2D eigenvalue weighted by Crippen LogP contribution is -2.37. The molecule has 1 aliphatic rings. The number of nitrogens with zero attached hydrogens (tertiary/aromatic N) is 4. The van der Waals surface area contributed by atoms with Gasteiger partial charge >= 0.3 is 0 Å². The highest BCUT2D eigenvalue weighted by molar-refractivity contribution is 7.98. The number of thioether (sulfide) groups is 1. The highest BCUT2D eigenvalue weighted by Gasteiger charge is 2.14. The lowest BCUT2D eigenvalue weighted by molar-refractivity contribution is 0.605. The van der Waals surface area contributed by atoms with Gasteiger partial charge in [-0.15, -0.1) is 10.2 Å². The van der Waals surface area contributed by atoms with Crippen LogP contribution in [-0.4, -0.2) is 45.8 Å². The van der Waals surface area contributed by atoms with Crippen molar-refractivity contribution in [3.8, 4) is 0 Å². The summed E-state index contributed by atoms with van der Waals surface area (Å²) < 4.78 is 2.26. The Morgan fingerprint density at radius 2 is 2.13 bits per heavy atom. The van der Waals surface area contributed by atoms with E-state index in [-0.39, 0.29) is 0 Å². The van der Waals surface area contributed by atoms with Gasteiger partial charge in [0.15, 0.2) is 11.8 Å². The minimum atomic E-state index is 0.590. The summed E-state index contributed by atoms with van der Waals surface area (Å²) in [7, 11) is 0. The Labute approximate surface area is 143 Å². The van der Waals surface area contributed by atoms with Crippen molar-refractivity contribution < 1.29 is 0 Å². The molecule has 0 unspecified atom stereocenters. The molecule has 1 aliphatic heterocycles. The fraction of sp³-hybridized carbons (Fsp3) is 0.812. The van der Waals surface area contributed by atoms with Crippen LogP contribution in [0.4, 0.5) is 0 Å². The molecule has 0 radical (unpaired) electrons. The molecule has 0 saturated carbocycles. The van der Waals surface area contributed by atoms with E-state index in [0.29, 0.717) is 6.54 Å². The first-order valence-electron chi connectivity index (χ1n) is 8.77. The van der Waals surface area contributed by atoms with Crippen molar-refractivity contribution in [3.05, 3.63) is 11.6 Å². The number of rotatable bonds is 8. The molecule has 6 nitrogen and oxygen atoms in total. The van der Waals surface area contributed by atoms with Crippen molar-refractivity contribution >= 4 is 17.7 Å². The monoisotopic (exact) mass is 338 g/mol. The SMILES string of the molecule is CCNC(=NCc1nnc2n1CCCCC2)NCCCCSC. The molecule has 0 bridgehead atoms. The summed E-state index contributed by atoms with van der Waals surface area (Å²) in [6, 6.07) is 0. The van der Waals surface area contributed by atoms with Gasteiger partial charge in [-0.05, 0) is 44.6 Å². The highest BCUT2D eigenvalue weighted by atomic mass is 32.2. The molecule has 7 heteroatoms. The molecule has 0 aromatic carbocycles. The predicted molar refractivity (Wildman–Crippen MR) is 98.0 cm³/mol. The summed E-state index contributed by atoms with van der Waals surface area (Å²) in [4.78, 5) is 4.68. The van der Waals surface area contributed by atoms with Gasteiger partial charge in [-0.3, -0.25) is 0 Å². The van der Waals surface area contributed by atoms with Gasteiger partial charge < -0.3 is 15.2 Å². The average molecular weight is 339 g/mol. The molecule has 0 amide bonds. The van der Waals surface area contributed by atoms with Crippen LogP contribution in [0.15, 0.2) is 4.99 Å². The third-order valence-electron chi connectivity index (χ3n) is 3.98. The number of hydrogen-bond donors (Lipinski definition) is 2. The Morgan fingerprint density at radius 1 is 1.22 bits per heavy atom.